The second-order valence-corrected chi connectivity index (χ2v) is 4.85. The molecule has 0 bridgehead atoms. The number of halogens is 8. The molecule has 19 heavy (non-hydrogen) atoms. The van der Waals surface area contributed by atoms with Gasteiger partial charge in [0.25, 0.3) is 0 Å². The van der Waals surface area contributed by atoms with Gasteiger partial charge < -0.3 is 4.55 Å². The van der Waals surface area contributed by atoms with Crippen LogP contribution in [0.15, 0.2) is 0 Å². The summed E-state index contributed by atoms with van der Waals surface area (Å²) in [6.45, 7) is 0. The second-order valence-electron chi connectivity index (χ2n) is 3.39. The first kappa shape index (κ1) is 16.0. The summed E-state index contributed by atoms with van der Waals surface area (Å²) in [5.41, 5.74) is -1.53. The lowest BCUT2D eigenvalue weighted by atomic mass is 10.2. The Bertz CT molecular complexity index is 457. The second kappa shape index (κ2) is 5.53. The zero-order valence-electron chi connectivity index (χ0n) is 8.75. The van der Waals surface area contributed by atoms with Gasteiger partial charge in [0.05, 0.1) is 5.56 Å². The van der Waals surface area contributed by atoms with E-state index in [0.717, 1.165) is 0 Å². The van der Waals surface area contributed by atoms with E-state index >= 15 is 0 Å². The average Bonchev–Trinajstić information content (AvgIpc) is 2.27. The maximum absolute atomic E-state index is 13.1. The first-order chi connectivity index (χ1) is 8.54. The SMILES string of the molecule is [O-][S+](Cc1c(F)c(F)c(F)c(F)c1F)CC(F)(F)F. The van der Waals surface area contributed by atoms with E-state index in [1.54, 1.807) is 0 Å². The molecule has 0 saturated heterocycles. The minimum atomic E-state index is -4.88. The molecule has 0 radical (unpaired) electrons. The Kier molecular flexibility index (Phi) is 4.67. The smallest absolute Gasteiger partial charge is 0.433 e. The van der Waals surface area contributed by atoms with Gasteiger partial charge in [0.1, 0.15) is 5.75 Å². The summed E-state index contributed by atoms with van der Waals surface area (Å²) < 4.78 is 111. The molecule has 0 aliphatic carbocycles. The van der Waals surface area contributed by atoms with Gasteiger partial charge >= 0.3 is 6.18 Å². The number of rotatable bonds is 3. The van der Waals surface area contributed by atoms with Crippen molar-refractivity contribution in [2.45, 2.75) is 11.9 Å². The molecule has 0 aromatic heterocycles. The Morgan fingerprint density at radius 1 is 0.789 bits per heavy atom. The third kappa shape index (κ3) is 3.72. The largest absolute Gasteiger partial charge is 0.616 e. The van der Waals surface area contributed by atoms with Crippen molar-refractivity contribution in [1.29, 1.82) is 0 Å². The van der Waals surface area contributed by atoms with Gasteiger partial charge in [0.2, 0.25) is 11.6 Å². The summed E-state index contributed by atoms with van der Waals surface area (Å²) in [5, 5.41) is 0. The normalized spacial score (nSPS) is 13.7. The summed E-state index contributed by atoms with van der Waals surface area (Å²) in [5.74, 6) is -14.9. The fourth-order valence-corrected chi connectivity index (χ4v) is 2.21. The molecule has 0 fully saturated rings. The highest BCUT2D eigenvalue weighted by Gasteiger charge is 2.36. The lowest BCUT2D eigenvalue weighted by Gasteiger charge is -2.14. The summed E-state index contributed by atoms with van der Waals surface area (Å²) in [6, 6.07) is 0. The molecule has 1 aromatic carbocycles. The average molecular weight is 312 g/mol. The van der Waals surface area contributed by atoms with Crippen molar-refractivity contribution in [2.75, 3.05) is 5.75 Å². The molecule has 1 atom stereocenters. The van der Waals surface area contributed by atoms with Gasteiger partial charge in [-0.15, -0.1) is 0 Å². The minimum absolute atomic E-state index is 1.43. The highest BCUT2D eigenvalue weighted by atomic mass is 32.2. The van der Waals surface area contributed by atoms with Gasteiger partial charge in [0.15, 0.2) is 23.3 Å². The van der Waals surface area contributed by atoms with E-state index < -0.39 is 63.5 Å². The molecule has 0 heterocycles. The topological polar surface area (TPSA) is 23.1 Å². The van der Waals surface area contributed by atoms with Crippen LogP contribution in [0.1, 0.15) is 5.56 Å². The zero-order chi connectivity index (χ0) is 15.0. The molecule has 0 saturated carbocycles. The van der Waals surface area contributed by atoms with Gasteiger partial charge in [-0.1, -0.05) is 0 Å². The van der Waals surface area contributed by atoms with Crippen molar-refractivity contribution >= 4 is 11.2 Å². The van der Waals surface area contributed by atoms with E-state index in [-0.39, 0.29) is 0 Å². The van der Waals surface area contributed by atoms with Crippen LogP contribution in [0.2, 0.25) is 0 Å². The third-order valence-corrected chi connectivity index (χ3v) is 3.19. The molecule has 1 unspecified atom stereocenters. The molecule has 1 nitrogen and oxygen atoms in total. The molecule has 0 amide bonds. The monoisotopic (exact) mass is 312 g/mol. The van der Waals surface area contributed by atoms with Gasteiger partial charge in [-0.3, -0.25) is 0 Å². The third-order valence-electron chi connectivity index (χ3n) is 1.93. The van der Waals surface area contributed by atoms with E-state index in [1.165, 1.54) is 0 Å². The summed E-state index contributed by atoms with van der Waals surface area (Å²) in [4.78, 5) is 0. The van der Waals surface area contributed by atoms with Gasteiger partial charge in [-0.2, -0.15) is 13.2 Å². The molecular weight excluding hydrogens is 308 g/mol. The number of hydrogen-bond acceptors (Lipinski definition) is 1. The fraction of sp³-hybridized carbons (Fsp3) is 0.333. The predicted octanol–water partition coefficient (Wildman–Crippen LogP) is 3.19. The van der Waals surface area contributed by atoms with E-state index in [4.69, 9.17) is 0 Å². The predicted molar refractivity (Wildman–Crippen MR) is 49.0 cm³/mol. The summed E-state index contributed by atoms with van der Waals surface area (Å²) in [7, 11) is 0. The van der Waals surface area contributed by atoms with Gasteiger partial charge in [0, 0.05) is 0 Å². The van der Waals surface area contributed by atoms with Crippen LogP contribution >= 0.6 is 0 Å². The Labute approximate surface area is 104 Å². The highest BCUT2D eigenvalue weighted by molar-refractivity contribution is 7.90. The number of benzene rings is 1. The van der Waals surface area contributed by atoms with Gasteiger partial charge in [-0.05, 0) is 11.2 Å². The Hall–Kier alpha value is -1.03. The summed E-state index contributed by atoms with van der Waals surface area (Å²) >= 11 is -2.84. The van der Waals surface area contributed by atoms with Crippen LogP contribution in [0, 0.1) is 29.1 Å². The maximum Gasteiger partial charge on any atom is 0.433 e. The van der Waals surface area contributed by atoms with Crippen LogP contribution in [0.3, 0.4) is 0 Å². The van der Waals surface area contributed by atoms with Crippen molar-refractivity contribution in [3.05, 3.63) is 34.6 Å². The quantitative estimate of drug-likeness (QED) is 0.364. The Morgan fingerprint density at radius 2 is 1.16 bits per heavy atom. The van der Waals surface area contributed by atoms with Crippen molar-refractivity contribution in [1.82, 2.24) is 0 Å². The maximum atomic E-state index is 13.1. The van der Waals surface area contributed by atoms with Crippen LogP contribution in [0.25, 0.3) is 0 Å². The van der Waals surface area contributed by atoms with Gasteiger partial charge in [-0.25, -0.2) is 22.0 Å². The zero-order valence-corrected chi connectivity index (χ0v) is 9.57. The van der Waals surface area contributed by atoms with Crippen molar-refractivity contribution < 1.29 is 39.7 Å². The highest BCUT2D eigenvalue weighted by Crippen LogP contribution is 2.26. The lowest BCUT2D eigenvalue weighted by Crippen LogP contribution is -2.25. The van der Waals surface area contributed by atoms with Crippen LogP contribution in [0.5, 0.6) is 0 Å². The molecule has 0 aliphatic heterocycles. The molecule has 0 aliphatic rings. The van der Waals surface area contributed by atoms with Crippen LogP contribution in [0.4, 0.5) is 35.1 Å². The van der Waals surface area contributed by atoms with Crippen LogP contribution < -0.4 is 0 Å². The number of alkyl halides is 3. The Morgan fingerprint density at radius 3 is 1.53 bits per heavy atom. The van der Waals surface area contributed by atoms with E-state index in [2.05, 4.69) is 0 Å². The standard InChI is InChI=1S/C9H4F8OS/c10-4-3(1-19(18)2-9(15,16)17)5(11)7(13)8(14)6(4)12/h1-2H2. The Balaban J connectivity index is 3.09. The molecular formula is C9H4F8OS. The van der Waals surface area contributed by atoms with Crippen LogP contribution in [-0.2, 0) is 16.9 Å². The van der Waals surface area contributed by atoms with Crippen molar-refractivity contribution in [3.63, 3.8) is 0 Å². The lowest BCUT2D eigenvalue weighted by molar-refractivity contribution is -0.106. The molecule has 0 spiro atoms. The molecule has 0 N–H and O–H groups in total. The van der Waals surface area contributed by atoms with Crippen molar-refractivity contribution in [2.24, 2.45) is 0 Å². The fourth-order valence-electron chi connectivity index (χ4n) is 1.17. The molecule has 1 rings (SSSR count). The van der Waals surface area contributed by atoms with E-state index in [9.17, 15) is 39.7 Å². The van der Waals surface area contributed by atoms with Crippen molar-refractivity contribution in [3.8, 4) is 0 Å². The molecule has 1 aromatic rings. The first-order valence-electron chi connectivity index (χ1n) is 4.46. The number of hydrogen-bond donors (Lipinski definition) is 0. The summed E-state index contributed by atoms with van der Waals surface area (Å²) in [6.07, 6.45) is -4.88. The first-order valence-corrected chi connectivity index (χ1v) is 5.95. The molecule has 10 heteroatoms. The molecule has 108 valence electrons. The van der Waals surface area contributed by atoms with Crippen LogP contribution in [-0.4, -0.2) is 16.5 Å². The van der Waals surface area contributed by atoms with E-state index in [1.807, 2.05) is 0 Å². The van der Waals surface area contributed by atoms with E-state index in [0.29, 0.717) is 0 Å². The minimum Gasteiger partial charge on any atom is -0.616 e.